The fraction of sp³-hybridized carbons (Fsp3) is 0.611. The van der Waals surface area contributed by atoms with E-state index in [4.69, 9.17) is 4.74 Å². The van der Waals surface area contributed by atoms with Gasteiger partial charge in [-0.05, 0) is 48.9 Å². The van der Waals surface area contributed by atoms with Gasteiger partial charge in [0.2, 0.25) is 0 Å². The van der Waals surface area contributed by atoms with Crippen molar-refractivity contribution in [1.29, 1.82) is 0 Å². The zero-order valence-corrected chi connectivity index (χ0v) is 13.2. The molecule has 0 bridgehead atoms. The molecule has 4 nitrogen and oxygen atoms in total. The van der Waals surface area contributed by atoms with Crippen LogP contribution in [0.4, 0.5) is 0 Å². The van der Waals surface area contributed by atoms with E-state index < -0.39 is 0 Å². The molecule has 3 heterocycles. The van der Waals surface area contributed by atoms with Crippen molar-refractivity contribution in [2.45, 2.75) is 24.7 Å². The number of ether oxygens (including phenoxy) is 1. The summed E-state index contributed by atoms with van der Waals surface area (Å²) in [6, 6.07) is 6.63. The van der Waals surface area contributed by atoms with Crippen LogP contribution >= 0.6 is 0 Å². The third-order valence-corrected chi connectivity index (χ3v) is 5.56. The van der Waals surface area contributed by atoms with E-state index in [1.807, 2.05) is 0 Å². The predicted octanol–water partition coefficient (Wildman–Crippen LogP) is 1.97. The molecule has 1 aromatic rings. The molecule has 1 amide bonds. The Morgan fingerprint density at radius 3 is 2.86 bits per heavy atom. The number of carbonyl (C=O) groups excluding carboxylic acids is 1. The summed E-state index contributed by atoms with van der Waals surface area (Å²) in [5.41, 5.74) is 3.47. The van der Waals surface area contributed by atoms with Gasteiger partial charge in [-0.25, -0.2) is 0 Å². The second-order valence-electron chi connectivity index (χ2n) is 7.03. The number of fused-ring (bicyclic) bond motifs is 3. The summed E-state index contributed by atoms with van der Waals surface area (Å²) in [4.78, 5) is 14.9. The summed E-state index contributed by atoms with van der Waals surface area (Å²) in [7, 11) is 2.17. The fourth-order valence-electron chi connectivity index (χ4n) is 4.34. The van der Waals surface area contributed by atoms with Gasteiger partial charge in [0.1, 0.15) is 0 Å². The molecule has 0 aromatic heterocycles. The first kappa shape index (κ1) is 14.2. The molecule has 22 heavy (non-hydrogen) atoms. The van der Waals surface area contributed by atoms with E-state index >= 15 is 0 Å². The lowest BCUT2D eigenvalue weighted by Gasteiger charge is -2.24. The van der Waals surface area contributed by atoms with Gasteiger partial charge >= 0.3 is 0 Å². The molecule has 1 aromatic carbocycles. The summed E-state index contributed by atoms with van der Waals surface area (Å²) in [6.45, 7) is 4.61. The van der Waals surface area contributed by atoms with Gasteiger partial charge < -0.3 is 15.0 Å². The van der Waals surface area contributed by atoms with Crippen LogP contribution in [0.2, 0.25) is 0 Å². The van der Waals surface area contributed by atoms with E-state index in [0.717, 1.165) is 51.3 Å². The Morgan fingerprint density at radius 2 is 2.05 bits per heavy atom. The topological polar surface area (TPSA) is 41.6 Å². The standard InChI is InChI=1S/C18H24N2O2/c1-20-10-14-9-19-18(21)16-8-13(12-4-6-22-7-5-12)2-3-15(16)17(14)11-20/h2-3,8,12,14,17H,4-7,9-11H2,1H3,(H,19,21)/t14-,17?/m0/s1. The van der Waals surface area contributed by atoms with E-state index in [1.54, 1.807) is 0 Å². The maximum absolute atomic E-state index is 12.5. The van der Waals surface area contributed by atoms with Crippen molar-refractivity contribution in [3.63, 3.8) is 0 Å². The predicted molar refractivity (Wildman–Crippen MR) is 85.3 cm³/mol. The van der Waals surface area contributed by atoms with Crippen molar-refractivity contribution in [3.05, 3.63) is 34.9 Å². The summed E-state index contributed by atoms with van der Waals surface area (Å²) >= 11 is 0. The maximum Gasteiger partial charge on any atom is 0.251 e. The van der Waals surface area contributed by atoms with Crippen LogP contribution < -0.4 is 5.32 Å². The minimum atomic E-state index is 0.112. The van der Waals surface area contributed by atoms with Crippen LogP contribution in [0.15, 0.2) is 18.2 Å². The molecule has 2 saturated heterocycles. The van der Waals surface area contributed by atoms with Crippen molar-refractivity contribution < 1.29 is 9.53 Å². The maximum atomic E-state index is 12.5. The van der Waals surface area contributed by atoms with E-state index in [0.29, 0.717) is 17.8 Å². The van der Waals surface area contributed by atoms with Crippen molar-refractivity contribution >= 4 is 5.91 Å². The summed E-state index contributed by atoms with van der Waals surface area (Å²) in [6.07, 6.45) is 2.13. The molecular formula is C18H24N2O2. The molecule has 1 unspecified atom stereocenters. The quantitative estimate of drug-likeness (QED) is 0.862. The van der Waals surface area contributed by atoms with Crippen LogP contribution in [-0.2, 0) is 4.74 Å². The average molecular weight is 300 g/mol. The molecule has 4 heteroatoms. The van der Waals surface area contributed by atoms with Gasteiger partial charge in [-0.1, -0.05) is 12.1 Å². The Labute approximate surface area is 131 Å². The number of rotatable bonds is 1. The Hall–Kier alpha value is -1.39. The van der Waals surface area contributed by atoms with Crippen LogP contribution in [0.25, 0.3) is 0 Å². The molecule has 4 rings (SSSR count). The Balaban J connectivity index is 1.70. The van der Waals surface area contributed by atoms with Gasteiger partial charge in [0.15, 0.2) is 0 Å². The van der Waals surface area contributed by atoms with E-state index in [9.17, 15) is 4.79 Å². The number of carbonyl (C=O) groups is 1. The Morgan fingerprint density at radius 1 is 1.23 bits per heavy atom. The first-order valence-corrected chi connectivity index (χ1v) is 8.40. The third kappa shape index (κ3) is 2.44. The highest BCUT2D eigenvalue weighted by Gasteiger charge is 2.37. The van der Waals surface area contributed by atoms with Crippen LogP contribution in [-0.4, -0.2) is 50.7 Å². The highest BCUT2D eigenvalue weighted by atomic mass is 16.5. The molecule has 3 aliphatic heterocycles. The van der Waals surface area contributed by atoms with Crippen LogP contribution in [0.3, 0.4) is 0 Å². The molecule has 0 saturated carbocycles. The highest BCUT2D eigenvalue weighted by Crippen LogP contribution is 2.37. The highest BCUT2D eigenvalue weighted by molar-refractivity contribution is 5.96. The SMILES string of the molecule is CN1CC2c3ccc(C4CCOCC4)cc3C(=O)NC[C@H]2C1. The molecule has 1 N–H and O–H groups in total. The number of hydrogen-bond acceptors (Lipinski definition) is 3. The van der Waals surface area contributed by atoms with Crippen molar-refractivity contribution in [2.75, 3.05) is 39.9 Å². The first-order chi connectivity index (χ1) is 10.7. The van der Waals surface area contributed by atoms with Crippen LogP contribution in [0, 0.1) is 5.92 Å². The van der Waals surface area contributed by atoms with Crippen LogP contribution in [0.5, 0.6) is 0 Å². The minimum Gasteiger partial charge on any atom is -0.381 e. The number of amides is 1. The lowest BCUT2D eigenvalue weighted by molar-refractivity contribution is 0.0853. The normalized spacial score (nSPS) is 29.6. The van der Waals surface area contributed by atoms with Gasteiger partial charge in [-0.3, -0.25) is 4.79 Å². The third-order valence-electron chi connectivity index (χ3n) is 5.56. The number of likely N-dealkylation sites (tertiary alicyclic amines) is 1. The second-order valence-corrected chi connectivity index (χ2v) is 7.03. The van der Waals surface area contributed by atoms with Gasteiger partial charge in [-0.2, -0.15) is 0 Å². The molecular weight excluding hydrogens is 276 g/mol. The summed E-state index contributed by atoms with van der Waals surface area (Å²) in [5, 5.41) is 3.13. The largest absolute Gasteiger partial charge is 0.381 e. The van der Waals surface area contributed by atoms with E-state index in [2.05, 4.69) is 35.5 Å². The van der Waals surface area contributed by atoms with Crippen LogP contribution in [0.1, 0.15) is 46.2 Å². The van der Waals surface area contributed by atoms with E-state index in [1.165, 1.54) is 11.1 Å². The number of likely N-dealkylation sites (N-methyl/N-ethyl adjacent to an activating group) is 1. The second kappa shape index (κ2) is 5.67. The molecule has 2 fully saturated rings. The monoisotopic (exact) mass is 300 g/mol. The smallest absolute Gasteiger partial charge is 0.251 e. The number of benzene rings is 1. The lowest BCUT2D eigenvalue weighted by atomic mass is 9.84. The minimum absolute atomic E-state index is 0.112. The fourth-order valence-corrected chi connectivity index (χ4v) is 4.34. The first-order valence-electron chi connectivity index (χ1n) is 8.40. The molecule has 0 aliphatic carbocycles. The van der Waals surface area contributed by atoms with Gasteiger partial charge in [-0.15, -0.1) is 0 Å². The van der Waals surface area contributed by atoms with Gasteiger partial charge in [0.25, 0.3) is 5.91 Å². The van der Waals surface area contributed by atoms with Crippen molar-refractivity contribution in [1.82, 2.24) is 10.2 Å². The summed E-state index contributed by atoms with van der Waals surface area (Å²) < 4.78 is 5.46. The number of hydrogen-bond donors (Lipinski definition) is 1. The molecule has 0 spiro atoms. The molecule has 0 radical (unpaired) electrons. The molecule has 3 aliphatic rings. The zero-order valence-electron chi connectivity index (χ0n) is 13.2. The van der Waals surface area contributed by atoms with Crippen molar-refractivity contribution in [2.24, 2.45) is 5.92 Å². The Kier molecular flexibility index (Phi) is 3.66. The number of nitrogens with zero attached hydrogens (tertiary/aromatic N) is 1. The number of nitrogens with one attached hydrogen (secondary N) is 1. The molecule has 2 atom stereocenters. The van der Waals surface area contributed by atoms with Gasteiger partial charge in [0.05, 0.1) is 0 Å². The van der Waals surface area contributed by atoms with E-state index in [-0.39, 0.29) is 5.91 Å². The lowest BCUT2D eigenvalue weighted by Crippen LogP contribution is -2.29. The van der Waals surface area contributed by atoms with Crippen molar-refractivity contribution in [3.8, 4) is 0 Å². The summed E-state index contributed by atoms with van der Waals surface area (Å²) in [5.74, 6) is 1.69. The molecule has 118 valence electrons. The van der Waals surface area contributed by atoms with Gasteiger partial charge in [0, 0.05) is 44.3 Å². The average Bonchev–Trinajstić information content (AvgIpc) is 2.88. The zero-order chi connectivity index (χ0) is 15.1. The Bertz CT molecular complexity index is 580.